The SMILES string of the molecule is CCNC(CCc1nnn(C)n1)c1ccccc1. The van der Waals surface area contributed by atoms with Gasteiger partial charge < -0.3 is 5.32 Å². The van der Waals surface area contributed by atoms with Gasteiger partial charge in [-0.1, -0.05) is 37.3 Å². The van der Waals surface area contributed by atoms with Crippen molar-refractivity contribution in [3.05, 3.63) is 41.7 Å². The van der Waals surface area contributed by atoms with E-state index in [4.69, 9.17) is 0 Å². The smallest absolute Gasteiger partial charge is 0.174 e. The predicted molar refractivity (Wildman–Crippen MR) is 70.0 cm³/mol. The molecule has 0 saturated carbocycles. The maximum atomic E-state index is 4.20. The Bertz CT molecular complexity index is 465. The third-order valence-corrected chi connectivity index (χ3v) is 2.86. The van der Waals surface area contributed by atoms with E-state index in [1.807, 2.05) is 6.07 Å². The third kappa shape index (κ3) is 3.37. The van der Waals surface area contributed by atoms with E-state index in [1.165, 1.54) is 10.4 Å². The van der Waals surface area contributed by atoms with Crippen molar-refractivity contribution in [1.82, 2.24) is 25.5 Å². The van der Waals surface area contributed by atoms with Crippen LogP contribution in [0.2, 0.25) is 0 Å². The molecule has 1 N–H and O–H groups in total. The van der Waals surface area contributed by atoms with Crippen LogP contribution in [0.5, 0.6) is 0 Å². The molecule has 1 unspecified atom stereocenters. The van der Waals surface area contributed by atoms with Crippen LogP contribution in [0.25, 0.3) is 0 Å². The van der Waals surface area contributed by atoms with Crippen molar-refractivity contribution in [2.24, 2.45) is 7.05 Å². The fraction of sp³-hybridized carbons (Fsp3) is 0.462. The van der Waals surface area contributed by atoms with E-state index in [-0.39, 0.29) is 0 Å². The molecule has 1 aromatic heterocycles. The van der Waals surface area contributed by atoms with Crippen molar-refractivity contribution in [3.63, 3.8) is 0 Å². The lowest BCUT2D eigenvalue weighted by atomic mass is 10.0. The number of aromatic nitrogens is 4. The molecule has 1 atom stereocenters. The first-order valence-electron chi connectivity index (χ1n) is 6.30. The molecule has 0 spiro atoms. The molecule has 5 heteroatoms. The van der Waals surface area contributed by atoms with Crippen LogP contribution in [0.15, 0.2) is 30.3 Å². The number of nitrogens with zero attached hydrogens (tertiary/aromatic N) is 4. The molecule has 2 aromatic rings. The van der Waals surface area contributed by atoms with Crippen LogP contribution in [0.1, 0.15) is 30.8 Å². The van der Waals surface area contributed by atoms with Gasteiger partial charge in [0.05, 0.1) is 7.05 Å². The fourth-order valence-electron chi connectivity index (χ4n) is 2.02. The number of tetrazole rings is 1. The second kappa shape index (κ2) is 6.26. The average molecular weight is 245 g/mol. The highest BCUT2D eigenvalue weighted by atomic mass is 15.6. The van der Waals surface area contributed by atoms with Gasteiger partial charge in [-0.25, -0.2) is 0 Å². The Hall–Kier alpha value is -1.75. The zero-order valence-corrected chi connectivity index (χ0v) is 10.9. The monoisotopic (exact) mass is 245 g/mol. The van der Waals surface area contributed by atoms with Gasteiger partial charge in [-0.3, -0.25) is 0 Å². The topological polar surface area (TPSA) is 55.6 Å². The molecule has 1 aromatic carbocycles. The van der Waals surface area contributed by atoms with Crippen LogP contribution < -0.4 is 5.32 Å². The van der Waals surface area contributed by atoms with Crippen molar-refractivity contribution < 1.29 is 0 Å². The van der Waals surface area contributed by atoms with Crippen LogP contribution in [0.3, 0.4) is 0 Å². The summed E-state index contributed by atoms with van der Waals surface area (Å²) < 4.78 is 0. The number of rotatable bonds is 6. The minimum absolute atomic E-state index is 0.347. The van der Waals surface area contributed by atoms with E-state index in [2.05, 4.69) is 51.9 Å². The van der Waals surface area contributed by atoms with Crippen LogP contribution in [0.4, 0.5) is 0 Å². The second-order valence-electron chi connectivity index (χ2n) is 4.25. The average Bonchev–Trinajstić information content (AvgIpc) is 2.81. The summed E-state index contributed by atoms with van der Waals surface area (Å²) in [6, 6.07) is 10.8. The molecular formula is C13H19N5. The summed E-state index contributed by atoms with van der Waals surface area (Å²) in [6.07, 6.45) is 1.81. The molecule has 0 aliphatic rings. The summed E-state index contributed by atoms with van der Waals surface area (Å²) in [4.78, 5) is 1.50. The van der Waals surface area contributed by atoms with Gasteiger partial charge in [0, 0.05) is 12.5 Å². The number of aryl methyl sites for hydroxylation is 2. The zero-order chi connectivity index (χ0) is 12.8. The van der Waals surface area contributed by atoms with Gasteiger partial charge in [0.15, 0.2) is 5.82 Å². The Balaban J connectivity index is 1.98. The largest absolute Gasteiger partial charge is 0.310 e. The van der Waals surface area contributed by atoms with E-state index < -0.39 is 0 Å². The van der Waals surface area contributed by atoms with Crippen molar-refractivity contribution in [1.29, 1.82) is 0 Å². The molecule has 0 aliphatic carbocycles. The normalized spacial score (nSPS) is 12.6. The molecule has 0 fully saturated rings. The van der Waals surface area contributed by atoms with E-state index in [9.17, 15) is 0 Å². The van der Waals surface area contributed by atoms with Gasteiger partial charge in [0.1, 0.15) is 0 Å². The summed E-state index contributed by atoms with van der Waals surface area (Å²) in [5, 5.41) is 15.6. The van der Waals surface area contributed by atoms with Crippen molar-refractivity contribution in [3.8, 4) is 0 Å². The zero-order valence-electron chi connectivity index (χ0n) is 10.9. The number of nitrogens with one attached hydrogen (secondary N) is 1. The third-order valence-electron chi connectivity index (χ3n) is 2.86. The van der Waals surface area contributed by atoms with Crippen LogP contribution in [0, 0.1) is 0 Å². The minimum Gasteiger partial charge on any atom is -0.310 e. The van der Waals surface area contributed by atoms with E-state index in [1.54, 1.807) is 7.05 Å². The van der Waals surface area contributed by atoms with Gasteiger partial charge in [-0.2, -0.15) is 4.80 Å². The maximum Gasteiger partial charge on any atom is 0.174 e. The quantitative estimate of drug-likeness (QED) is 0.838. The van der Waals surface area contributed by atoms with Gasteiger partial charge in [0.25, 0.3) is 0 Å². The molecule has 2 rings (SSSR count). The standard InChI is InChI=1S/C13H19N5/c1-3-14-12(11-7-5-4-6-8-11)9-10-13-15-17-18(2)16-13/h4-8,12,14H,3,9-10H2,1-2H3. The van der Waals surface area contributed by atoms with Crippen molar-refractivity contribution in [2.75, 3.05) is 6.54 Å². The summed E-state index contributed by atoms with van der Waals surface area (Å²) in [5.41, 5.74) is 1.31. The minimum atomic E-state index is 0.347. The van der Waals surface area contributed by atoms with Gasteiger partial charge in [-0.15, -0.1) is 10.2 Å². The number of benzene rings is 1. The van der Waals surface area contributed by atoms with Gasteiger partial charge >= 0.3 is 0 Å². The summed E-state index contributed by atoms with van der Waals surface area (Å²) in [7, 11) is 1.79. The Labute approximate surface area is 107 Å². The number of hydrogen-bond acceptors (Lipinski definition) is 4. The highest BCUT2D eigenvalue weighted by molar-refractivity contribution is 5.18. The molecule has 0 amide bonds. The first kappa shape index (κ1) is 12.7. The number of hydrogen-bond donors (Lipinski definition) is 1. The Morgan fingerprint density at radius 2 is 2.06 bits per heavy atom. The molecule has 1 heterocycles. The van der Waals surface area contributed by atoms with E-state index in [0.717, 1.165) is 25.2 Å². The maximum absolute atomic E-state index is 4.20. The molecule has 0 aliphatic heterocycles. The Morgan fingerprint density at radius 1 is 1.28 bits per heavy atom. The van der Waals surface area contributed by atoms with Gasteiger partial charge in [0.2, 0.25) is 0 Å². The summed E-state index contributed by atoms with van der Waals surface area (Å²) in [5.74, 6) is 0.802. The van der Waals surface area contributed by atoms with Crippen LogP contribution in [-0.4, -0.2) is 26.8 Å². The highest BCUT2D eigenvalue weighted by Crippen LogP contribution is 2.17. The summed E-state index contributed by atoms with van der Waals surface area (Å²) in [6.45, 7) is 3.07. The highest BCUT2D eigenvalue weighted by Gasteiger charge is 2.11. The summed E-state index contributed by atoms with van der Waals surface area (Å²) >= 11 is 0. The molecule has 0 saturated heterocycles. The van der Waals surface area contributed by atoms with Gasteiger partial charge in [-0.05, 0) is 23.7 Å². The Morgan fingerprint density at radius 3 is 2.67 bits per heavy atom. The molecule has 0 bridgehead atoms. The Kier molecular flexibility index (Phi) is 4.41. The molecular weight excluding hydrogens is 226 g/mol. The first-order chi connectivity index (χ1) is 8.79. The molecule has 18 heavy (non-hydrogen) atoms. The van der Waals surface area contributed by atoms with E-state index in [0.29, 0.717) is 6.04 Å². The molecule has 5 nitrogen and oxygen atoms in total. The second-order valence-corrected chi connectivity index (χ2v) is 4.25. The lowest BCUT2D eigenvalue weighted by molar-refractivity contribution is 0.508. The first-order valence-corrected chi connectivity index (χ1v) is 6.30. The van der Waals surface area contributed by atoms with Crippen molar-refractivity contribution in [2.45, 2.75) is 25.8 Å². The molecule has 0 radical (unpaired) electrons. The van der Waals surface area contributed by atoms with Crippen molar-refractivity contribution >= 4 is 0 Å². The van der Waals surface area contributed by atoms with Crippen LogP contribution in [-0.2, 0) is 13.5 Å². The lowest BCUT2D eigenvalue weighted by Crippen LogP contribution is -2.21. The molecule has 96 valence electrons. The fourth-order valence-corrected chi connectivity index (χ4v) is 2.02. The lowest BCUT2D eigenvalue weighted by Gasteiger charge is -2.17. The predicted octanol–water partition coefficient (Wildman–Crippen LogP) is 1.49. The van der Waals surface area contributed by atoms with E-state index >= 15 is 0 Å². The van der Waals surface area contributed by atoms with Crippen LogP contribution >= 0.6 is 0 Å².